The minimum Gasteiger partial charge on any atom is -0.474 e. The van der Waals surface area contributed by atoms with Crippen molar-refractivity contribution < 1.29 is 22.7 Å². The van der Waals surface area contributed by atoms with Crippen LogP contribution >= 0.6 is 0 Å². The molecule has 1 aliphatic carbocycles. The van der Waals surface area contributed by atoms with Crippen molar-refractivity contribution in [3.05, 3.63) is 53.9 Å². The van der Waals surface area contributed by atoms with Crippen LogP contribution in [0.1, 0.15) is 24.1 Å². The van der Waals surface area contributed by atoms with Gasteiger partial charge in [-0.1, -0.05) is 6.07 Å². The number of amides is 1. The zero-order valence-corrected chi connectivity index (χ0v) is 19.1. The highest BCUT2D eigenvalue weighted by Gasteiger charge is 2.42. The molecule has 0 saturated heterocycles. The number of hydrogen-bond acceptors (Lipinski definition) is 7. The number of anilines is 1. The smallest absolute Gasteiger partial charge is 0.271 e. The highest BCUT2D eigenvalue weighted by molar-refractivity contribution is 7.93. The van der Waals surface area contributed by atoms with Crippen molar-refractivity contribution in [1.82, 2.24) is 9.97 Å². The van der Waals surface area contributed by atoms with Gasteiger partial charge >= 0.3 is 0 Å². The summed E-state index contributed by atoms with van der Waals surface area (Å²) < 4.78 is 39.5. The van der Waals surface area contributed by atoms with E-state index < -0.39 is 15.9 Å². The second-order valence-corrected chi connectivity index (χ2v) is 9.59. The van der Waals surface area contributed by atoms with Crippen molar-refractivity contribution in [2.24, 2.45) is 5.92 Å². The van der Waals surface area contributed by atoms with E-state index in [0.717, 1.165) is 10.00 Å². The molecule has 2 aromatic heterocycles. The fraction of sp³-hybridized carbons (Fsp3) is 0.348. The Morgan fingerprint density at radius 2 is 1.94 bits per heavy atom. The molecular formula is C23H25N3O5S. The summed E-state index contributed by atoms with van der Waals surface area (Å²) in [5.74, 6) is -0.752. The van der Waals surface area contributed by atoms with Gasteiger partial charge in [0.25, 0.3) is 10.0 Å². The third kappa shape index (κ3) is 4.31. The number of sulfonamides is 1. The molecule has 1 fully saturated rings. The minimum atomic E-state index is -4.28. The van der Waals surface area contributed by atoms with Crippen molar-refractivity contribution >= 4 is 32.5 Å². The summed E-state index contributed by atoms with van der Waals surface area (Å²) in [5, 5.41) is 0.453. The minimum absolute atomic E-state index is 0.0147. The summed E-state index contributed by atoms with van der Waals surface area (Å²) in [6.45, 7) is 4.09. The van der Waals surface area contributed by atoms with E-state index in [1.165, 1.54) is 13.2 Å². The molecule has 0 bridgehead atoms. The number of fused-ring (bicyclic) bond motifs is 1. The van der Waals surface area contributed by atoms with Crippen LogP contribution in [0.15, 0.2) is 47.5 Å². The van der Waals surface area contributed by atoms with E-state index in [1.54, 1.807) is 43.5 Å². The molecule has 3 aromatic rings. The number of carbonyl (C=O) groups excluding carboxylic acids is 1. The number of nitrogens with zero attached hydrogens (tertiary/aromatic N) is 3. The number of rotatable bonds is 8. The molecule has 2 heterocycles. The SMILES string of the molecule is COCCOc1ncc(C)cc1N(C(=O)C1CC1)S(=O)(=O)c1cccc2nc(C)ccc12. The maximum absolute atomic E-state index is 14.0. The van der Waals surface area contributed by atoms with Gasteiger partial charge in [-0.15, -0.1) is 0 Å². The van der Waals surface area contributed by atoms with Crippen LogP contribution in [0, 0.1) is 19.8 Å². The highest BCUT2D eigenvalue weighted by Crippen LogP contribution is 2.39. The molecular weight excluding hydrogens is 430 g/mol. The van der Waals surface area contributed by atoms with Gasteiger partial charge in [0.15, 0.2) is 0 Å². The number of methoxy groups -OCH3 is 1. The number of benzene rings is 1. The first-order chi connectivity index (χ1) is 15.3. The molecule has 0 aliphatic heterocycles. The predicted molar refractivity (Wildman–Crippen MR) is 120 cm³/mol. The number of ether oxygens (including phenoxy) is 2. The van der Waals surface area contributed by atoms with Gasteiger partial charge < -0.3 is 9.47 Å². The van der Waals surface area contributed by atoms with E-state index in [4.69, 9.17) is 9.47 Å². The van der Waals surface area contributed by atoms with Crippen LogP contribution in [0.5, 0.6) is 5.88 Å². The zero-order valence-electron chi connectivity index (χ0n) is 18.2. The largest absolute Gasteiger partial charge is 0.474 e. The maximum atomic E-state index is 14.0. The maximum Gasteiger partial charge on any atom is 0.271 e. The monoisotopic (exact) mass is 455 g/mol. The lowest BCUT2D eigenvalue weighted by Crippen LogP contribution is -2.38. The van der Waals surface area contributed by atoms with Gasteiger partial charge in [0.2, 0.25) is 11.8 Å². The molecule has 0 unspecified atom stereocenters. The van der Waals surface area contributed by atoms with Gasteiger partial charge in [-0.05, 0) is 62.6 Å². The number of aromatic nitrogens is 2. The van der Waals surface area contributed by atoms with Crippen LogP contribution in [0.4, 0.5) is 5.69 Å². The lowest BCUT2D eigenvalue weighted by molar-refractivity contribution is -0.118. The third-order valence-corrected chi connectivity index (χ3v) is 6.96. The first kappa shape index (κ1) is 22.2. The predicted octanol–water partition coefficient (Wildman–Crippen LogP) is 3.40. The fourth-order valence-corrected chi connectivity index (χ4v) is 5.11. The second-order valence-electron chi connectivity index (χ2n) is 7.84. The van der Waals surface area contributed by atoms with E-state index in [9.17, 15) is 13.2 Å². The second kappa shape index (κ2) is 8.84. The quantitative estimate of drug-likeness (QED) is 0.480. The van der Waals surface area contributed by atoms with Crippen LogP contribution in [-0.4, -0.2) is 44.6 Å². The van der Waals surface area contributed by atoms with E-state index in [1.807, 2.05) is 6.92 Å². The molecule has 1 aromatic carbocycles. The summed E-state index contributed by atoms with van der Waals surface area (Å²) in [6, 6.07) is 9.96. The first-order valence-electron chi connectivity index (χ1n) is 10.4. The van der Waals surface area contributed by atoms with Gasteiger partial charge in [-0.25, -0.2) is 13.4 Å². The van der Waals surface area contributed by atoms with E-state index in [2.05, 4.69) is 9.97 Å². The Morgan fingerprint density at radius 3 is 2.66 bits per heavy atom. The van der Waals surface area contributed by atoms with Crippen LogP contribution in [0.3, 0.4) is 0 Å². The molecule has 0 atom stereocenters. The fourth-order valence-electron chi connectivity index (χ4n) is 3.43. The van der Waals surface area contributed by atoms with Crippen LogP contribution in [-0.2, 0) is 19.6 Å². The first-order valence-corrected chi connectivity index (χ1v) is 11.8. The van der Waals surface area contributed by atoms with Crippen LogP contribution in [0.2, 0.25) is 0 Å². The summed E-state index contributed by atoms with van der Waals surface area (Å²) in [4.78, 5) is 22.1. The third-order valence-electron chi connectivity index (χ3n) is 5.19. The molecule has 1 amide bonds. The molecule has 0 radical (unpaired) electrons. The number of hydrogen-bond donors (Lipinski definition) is 0. The number of pyridine rings is 2. The number of carbonyl (C=O) groups is 1. The summed E-state index contributed by atoms with van der Waals surface area (Å²) in [6.07, 6.45) is 2.88. The molecule has 8 nitrogen and oxygen atoms in total. The zero-order chi connectivity index (χ0) is 22.9. The Morgan fingerprint density at radius 1 is 1.16 bits per heavy atom. The summed E-state index contributed by atoms with van der Waals surface area (Å²) >= 11 is 0. The van der Waals surface area contributed by atoms with Gasteiger partial charge in [0, 0.05) is 30.3 Å². The topological polar surface area (TPSA) is 98.7 Å². The van der Waals surface area contributed by atoms with Crippen molar-refractivity contribution in [2.45, 2.75) is 31.6 Å². The summed E-state index contributed by atoms with van der Waals surface area (Å²) in [5.41, 5.74) is 2.13. The molecule has 1 saturated carbocycles. The lowest BCUT2D eigenvalue weighted by atomic mass is 10.2. The summed E-state index contributed by atoms with van der Waals surface area (Å²) in [7, 11) is -2.74. The van der Waals surface area contributed by atoms with Gasteiger partial charge in [-0.2, -0.15) is 4.31 Å². The average molecular weight is 456 g/mol. The Kier molecular flexibility index (Phi) is 6.12. The molecule has 0 N–H and O–H groups in total. The van der Waals surface area contributed by atoms with E-state index in [-0.39, 0.29) is 29.0 Å². The molecule has 1 aliphatic rings. The standard InChI is InChI=1S/C23H25N3O5S/c1-15-13-20(22(24-14-15)31-12-11-30-3)26(23(27)17-8-9-17)32(28,29)21-6-4-5-19-18(21)10-7-16(2)25-19/h4-7,10,13-14,17H,8-9,11-12H2,1-3H3. The Labute approximate surface area is 187 Å². The van der Waals surface area contributed by atoms with Crippen LogP contribution < -0.4 is 9.04 Å². The molecule has 4 rings (SSSR count). The highest BCUT2D eigenvalue weighted by atomic mass is 32.2. The Balaban J connectivity index is 1.89. The van der Waals surface area contributed by atoms with E-state index >= 15 is 0 Å². The molecule has 32 heavy (non-hydrogen) atoms. The normalized spacial score (nSPS) is 13.8. The van der Waals surface area contributed by atoms with E-state index in [0.29, 0.717) is 35.9 Å². The molecule has 0 spiro atoms. The number of aryl methyl sites for hydroxylation is 2. The average Bonchev–Trinajstić information content (AvgIpc) is 3.60. The van der Waals surface area contributed by atoms with Gasteiger partial charge in [-0.3, -0.25) is 9.78 Å². The van der Waals surface area contributed by atoms with Crippen molar-refractivity contribution in [3.8, 4) is 5.88 Å². The van der Waals surface area contributed by atoms with Gasteiger partial charge in [0.05, 0.1) is 17.0 Å². The molecule has 168 valence electrons. The van der Waals surface area contributed by atoms with Crippen molar-refractivity contribution in [1.29, 1.82) is 0 Å². The lowest BCUT2D eigenvalue weighted by Gasteiger charge is -2.25. The Hall–Kier alpha value is -3.04. The van der Waals surface area contributed by atoms with Gasteiger partial charge in [0.1, 0.15) is 12.3 Å². The Bertz CT molecular complexity index is 1270. The van der Waals surface area contributed by atoms with Crippen molar-refractivity contribution in [3.63, 3.8) is 0 Å². The molecule has 9 heteroatoms. The van der Waals surface area contributed by atoms with Crippen LogP contribution in [0.25, 0.3) is 10.9 Å². The van der Waals surface area contributed by atoms with Crippen molar-refractivity contribution in [2.75, 3.05) is 24.6 Å².